The number of nitrogens with one attached hydrogen (secondary N) is 1. The lowest BCUT2D eigenvalue weighted by molar-refractivity contribution is -0.115. The Morgan fingerprint density at radius 2 is 1.62 bits per heavy atom. The van der Waals surface area contributed by atoms with Crippen molar-refractivity contribution in [2.45, 2.75) is 6.42 Å². The molecule has 6 nitrogen and oxygen atoms in total. The third-order valence-electron chi connectivity index (χ3n) is 5.17. The second kappa shape index (κ2) is 8.84. The number of piperazine rings is 1. The minimum Gasteiger partial charge on any atom is -0.354 e. The van der Waals surface area contributed by atoms with E-state index in [1.165, 1.54) is 11.9 Å². The maximum atomic E-state index is 12.5. The van der Waals surface area contributed by atoms with Crippen LogP contribution >= 0.6 is 0 Å². The predicted molar refractivity (Wildman–Crippen MR) is 116 cm³/mol. The van der Waals surface area contributed by atoms with Gasteiger partial charge in [0.2, 0.25) is 5.91 Å². The molecule has 4 rings (SSSR count). The molecular weight excluding hydrogens is 362 g/mol. The van der Waals surface area contributed by atoms with Gasteiger partial charge in [-0.1, -0.05) is 54.6 Å². The maximum absolute atomic E-state index is 12.5. The third kappa shape index (κ3) is 4.97. The summed E-state index contributed by atoms with van der Waals surface area (Å²) in [6, 6.07) is 20.1. The number of benzene rings is 2. The van der Waals surface area contributed by atoms with Crippen molar-refractivity contribution >= 4 is 17.5 Å². The van der Waals surface area contributed by atoms with E-state index in [2.05, 4.69) is 44.3 Å². The molecule has 0 spiro atoms. The SMILES string of the molecule is CN1CCN(c2cc(NC(=O)Cc3ccc(-c4ccccc4)cc3)ncn2)CC1. The average molecular weight is 387 g/mol. The molecule has 1 saturated heterocycles. The van der Waals surface area contributed by atoms with Crippen molar-refractivity contribution in [2.24, 2.45) is 0 Å². The summed E-state index contributed by atoms with van der Waals surface area (Å²) in [6.45, 7) is 3.86. The number of hydrogen-bond acceptors (Lipinski definition) is 5. The Morgan fingerprint density at radius 1 is 0.931 bits per heavy atom. The van der Waals surface area contributed by atoms with Crippen LogP contribution in [0.2, 0.25) is 0 Å². The van der Waals surface area contributed by atoms with Gasteiger partial charge in [-0.05, 0) is 23.7 Å². The first-order chi connectivity index (χ1) is 14.2. The Balaban J connectivity index is 1.37. The van der Waals surface area contributed by atoms with Crippen LogP contribution in [0.4, 0.5) is 11.6 Å². The molecule has 0 atom stereocenters. The Hall–Kier alpha value is -3.25. The van der Waals surface area contributed by atoms with Gasteiger partial charge in [-0.15, -0.1) is 0 Å². The Labute approximate surface area is 171 Å². The fraction of sp³-hybridized carbons (Fsp3) is 0.261. The standard InChI is InChI=1S/C23H25N5O/c1-27-11-13-28(14-12-27)22-16-21(24-17-25-22)26-23(29)15-18-7-9-20(10-8-18)19-5-3-2-4-6-19/h2-10,16-17H,11-15H2,1H3,(H,24,25,26,29). The zero-order valence-corrected chi connectivity index (χ0v) is 16.6. The van der Waals surface area contributed by atoms with Crippen molar-refractivity contribution in [3.8, 4) is 11.1 Å². The van der Waals surface area contributed by atoms with Gasteiger partial charge in [0.15, 0.2) is 0 Å². The lowest BCUT2D eigenvalue weighted by Crippen LogP contribution is -2.44. The van der Waals surface area contributed by atoms with Gasteiger partial charge in [0, 0.05) is 32.2 Å². The molecule has 29 heavy (non-hydrogen) atoms. The molecule has 1 aromatic heterocycles. The zero-order chi connectivity index (χ0) is 20.1. The van der Waals surface area contributed by atoms with E-state index >= 15 is 0 Å². The van der Waals surface area contributed by atoms with E-state index in [1.807, 2.05) is 48.5 Å². The topological polar surface area (TPSA) is 61.4 Å². The van der Waals surface area contributed by atoms with Crippen molar-refractivity contribution in [2.75, 3.05) is 43.4 Å². The van der Waals surface area contributed by atoms with Gasteiger partial charge in [0.1, 0.15) is 18.0 Å². The first-order valence-electron chi connectivity index (χ1n) is 9.87. The highest BCUT2D eigenvalue weighted by atomic mass is 16.1. The largest absolute Gasteiger partial charge is 0.354 e. The summed E-state index contributed by atoms with van der Waals surface area (Å²) in [4.78, 5) is 25.6. The number of anilines is 2. The molecule has 2 heterocycles. The van der Waals surface area contributed by atoms with E-state index in [4.69, 9.17) is 0 Å². The summed E-state index contributed by atoms with van der Waals surface area (Å²) >= 11 is 0. The van der Waals surface area contributed by atoms with E-state index in [1.54, 1.807) is 0 Å². The third-order valence-corrected chi connectivity index (χ3v) is 5.17. The molecule has 148 valence electrons. The normalized spacial score (nSPS) is 14.6. The van der Waals surface area contributed by atoms with E-state index in [0.717, 1.165) is 43.1 Å². The molecule has 3 aromatic rings. The molecule has 6 heteroatoms. The molecule has 0 unspecified atom stereocenters. The van der Waals surface area contributed by atoms with E-state index in [0.29, 0.717) is 12.2 Å². The molecule has 1 N–H and O–H groups in total. The van der Waals surface area contributed by atoms with Crippen LogP contribution in [0.15, 0.2) is 67.0 Å². The minimum absolute atomic E-state index is 0.0829. The molecular formula is C23H25N5O. The summed E-state index contributed by atoms with van der Waals surface area (Å²) in [6.07, 6.45) is 1.82. The van der Waals surface area contributed by atoms with Gasteiger partial charge in [-0.2, -0.15) is 0 Å². The molecule has 0 radical (unpaired) electrons. The molecule has 2 aromatic carbocycles. The van der Waals surface area contributed by atoms with Crippen molar-refractivity contribution < 1.29 is 4.79 Å². The second-order valence-electron chi connectivity index (χ2n) is 7.34. The molecule has 1 aliphatic rings. The first kappa shape index (κ1) is 19.1. The van der Waals surface area contributed by atoms with Gasteiger partial charge < -0.3 is 15.1 Å². The van der Waals surface area contributed by atoms with Gasteiger partial charge >= 0.3 is 0 Å². The number of hydrogen-bond donors (Lipinski definition) is 1. The molecule has 0 aliphatic carbocycles. The maximum Gasteiger partial charge on any atom is 0.229 e. The summed E-state index contributed by atoms with van der Waals surface area (Å²) in [5.74, 6) is 1.32. The second-order valence-corrected chi connectivity index (χ2v) is 7.34. The average Bonchev–Trinajstić information content (AvgIpc) is 2.75. The smallest absolute Gasteiger partial charge is 0.229 e. The summed E-state index contributed by atoms with van der Waals surface area (Å²) < 4.78 is 0. The lowest BCUT2D eigenvalue weighted by Gasteiger charge is -2.33. The highest BCUT2D eigenvalue weighted by Gasteiger charge is 2.16. The Morgan fingerprint density at radius 3 is 2.34 bits per heavy atom. The van der Waals surface area contributed by atoms with Gasteiger partial charge in [0.05, 0.1) is 6.42 Å². The molecule has 0 saturated carbocycles. The van der Waals surface area contributed by atoms with Crippen LogP contribution in [0.1, 0.15) is 5.56 Å². The van der Waals surface area contributed by atoms with Crippen LogP contribution in [0, 0.1) is 0 Å². The van der Waals surface area contributed by atoms with Gasteiger partial charge in [-0.3, -0.25) is 4.79 Å². The highest BCUT2D eigenvalue weighted by molar-refractivity contribution is 5.91. The fourth-order valence-electron chi connectivity index (χ4n) is 3.44. The quantitative estimate of drug-likeness (QED) is 0.729. The number of carbonyl (C=O) groups excluding carboxylic acids is 1. The minimum atomic E-state index is -0.0829. The van der Waals surface area contributed by atoms with Crippen molar-refractivity contribution in [3.05, 3.63) is 72.6 Å². The van der Waals surface area contributed by atoms with Crippen LogP contribution < -0.4 is 10.2 Å². The highest BCUT2D eigenvalue weighted by Crippen LogP contribution is 2.20. The first-order valence-corrected chi connectivity index (χ1v) is 9.87. The molecule has 1 aliphatic heterocycles. The van der Waals surface area contributed by atoms with E-state index in [-0.39, 0.29) is 5.91 Å². The Kier molecular flexibility index (Phi) is 5.81. The predicted octanol–water partition coefficient (Wildman–Crippen LogP) is 3.08. The lowest BCUT2D eigenvalue weighted by atomic mass is 10.0. The molecule has 1 fully saturated rings. The fourth-order valence-corrected chi connectivity index (χ4v) is 3.44. The van der Waals surface area contributed by atoms with Crippen molar-refractivity contribution in [1.29, 1.82) is 0 Å². The number of aromatic nitrogens is 2. The zero-order valence-electron chi connectivity index (χ0n) is 16.6. The van der Waals surface area contributed by atoms with Crippen LogP contribution in [0.25, 0.3) is 11.1 Å². The molecule has 1 amide bonds. The van der Waals surface area contributed by atoms with Crippen molar-refractivity contribution in [3.63, 3.8) is 0 Å². The van der Waals surface area contributed by atoms with Gasteiger partial charge in [0.25, 0.3) is 0 Å². The Bertz CT molecular complexity index is 951. The van der Waals surface area contributed by atoms with Gasteiger partial charge in [-0.25, -0.2) is 9.97 Å². The number of nitrogens with zero attached hydrogens (tertiary/aromatic N) is 4. The summed E-state index contributed by atoms with van der Waals surface area (Å²) in [5.41, 5.74) is 3.28. The van der Waals surface area contributed by atoms with Crippen LogP contribution in [-0.4, -0.2) is 54.0 Å². The summed E-state index contributed by atoms with van der Waals surface area (Å²) in [7, 11) is 2.12. The van der Waals surface area contributed by atoms with Crippen molar-refractivity contribution in [1.82, 2.24) is 14.9 Å². The number of rotatable bonds is 5. The van der Waals surface area contributed by atoms with E-state index in [9.17, 15) is 4.79 Å². The number of likely N-dealkylation sites (N-methyl/N-ethyl adjacent to an activating group) is 1. The summed E-state index contributed by atoms with van der Waals surface area (Å²) in [5, 5.41) is 2.90. The number of carbonyl (C=O) groups is 1. The van der Waals surface area contributed by atoms with Crippen LogP contribution in [0.3, 0.4) is 0 Å². The van der Waals surface area contributed by atoms with Crippen LogP contribution in [0.5, 0.6) is 0 Å². The monoisotopic (exact) mass is 387 g/mol. The van der Waals surface area contributed by atoms with E-state index < -0.39 is 0 Å². The molecule has 0 bridgehead atoms. The number of amides is 1. The van der Waals surface area contributed by atoms with Crippen LogP contribution in [-0.2, 0) is 11.2 Å².